The molecule has 1 nitrogen and oxygen atoms in total. The molecule has 1 aromatic heterocycles. The van der Waals surface area contributed by atoms with Gasteiger partial charge in [0.15, 0.2) is 0 Å². The zero-order valence-corrected chi connectivity index (χ0v) is 12.1. The van der Waals surface area contributed by atoms with Crippen LogP contribution in [0, 0.1) is 18.8 Å². The van der Waals surface area contributed by atoms with Gasteiger partial charge in [0.1, 0.15) is 0 Å². The van der Waals surface area contributed by atoms with Gasteiger partial charge >= 0.3 is 0 Å². The van der Waals surface area contributed by atoms with E-state index < -0.39 is 0 Å². The van der Waals surface area contributed by atoms with Crippen LogP contribution >= 0.6 is 11.3 Å². The Balaban J connectivity index is 2.08. The fourth-order valence-corrected chi connectivity index (χ4v) is 4.10. The molecule has 2 rings (SSSR count). The normalized spacial score (nSPS) is 29.5. The van der Waals surface area contributed by atoms with Crippen LogP contribution in [0.25, 0.3) is 0 Å². The van der Waals surface area contributed by atoms with E-state index in [1.807, 2.05) is 11.3 Å². The lowest BCUT2D eigenvalue weighted by Crippen LogP contribution is -2.31. The van der Waals surface area contributed by atoms with Crippen LogP contribution < -0.4 is 5.32 Å². The lowest BCUT2D eigenvalue weighted by atomic mass is 9.74. The molecule has 0 aromatic carbocycles. The molecule has 1 aliphatic rings. The summed E-state index contributed by atoms with van der Waals surface area (Å²) in [6.07, 6.45) is 4.20. The summed E-state index contributed by atoms with van der Waals surface area (Å²) < 4.78 is 0. The molecule has 0 aliphatic heterocycles. The second-order valence-corrected chi connectivity index (χ2v) is 6.86. The third kappa shape index (κ3) is 3.32. The van der Waals surface area contributed by atoms with Gasteiger partial charge in [-0.25, -0.2) is 0 Å². The van der Waals surface area contributed by atoms with E-state index in [2.05, 4.69) is 38.2 Å². The van der Waals surface area contributed by atoms with E-state index in [1.54, 1.807) is 4.88 Å². The Hall–Kier alpha value is -0.340. The van der Waals surface area contributed by atoms with Crippen LogP contribution in [0.15, 0.2) is 12.1 Å². The van der Waals surface area contributed by atoms with Crippen molar-refractivity contribution in [3.63, 3.8) is 0 Å². The molecule has 1 aliphatic carbocycles. The minimum absolute atomic E-state index is 0.802. The first-order chi connectivity index (χ1) is 8.20. The molecule has 0 amide bonds. The molecule has 1 heterocycles. The van der Waals surface area contributed by atoms with Crippen LogP contribution in [0.3, 0.4) is 0 Å². The number of hydrogen-bond acceptors (Lipinski definition) is 2. The summed E-state index contributed by atoms with van der Waals surface area (Å²) in [7, 11) is 0. The molecule has 0 bridgehead atoms. The van der Waals surface area contributed by atoms with Crippen molar-refractivity contribution in [3.8, 4) is 0 Å². The Labute approximate surface area is 110 Å². The first kappa shape index (κ1) is 13.1. The Morgan fingerprint density at radius 3 is 2.82 bits per heavy atom. The predicted octanol–water partition coefficient (Wildman–Crippen LogP) is 4.19. The Morgan fingerprint density at radius 2 is 2.18 bits per heavy atom. The van der Waals surface area contributed by atoms with Crippen molar-refractivity contribution in [1.82, 2.24) is 5.32 Å². The molecular formula is C15H25NS. The summed E-state index contributed by atoms with van der Waals surface area (Å²) in [6, 6.07) is 4.64. The average Bonchev–Trinajstić information content (AvgIpc) is 2.74. The van der Waals surface area contributed by atoms with Crippen molar-refractivity contribution in [1.29, 1.82) is 0 Å². The van der Waals surface area contributed by atoms with Gasteiger partial charge in [-0.1, -0.05) is 20.3 Å². The highest BCUT2D eigenvalue weighted by molar-refractivity contribution is 7.12. The average molecular weight is 251 g/mol. The molecule has 0 saturated heterocycles. The SMILES string of the molecule is CCNCC1CCC(C)CC1c1ccc(C)s1. The van der Waals surface area contributed by atoms with Crippen LogP contribution in [0.1, 0.15) is 48.8 Å². The molecule has 1 aromatic rings. The molecule has 0 spiro atoms. The number of thiophene rings is 1. The standard InChI is InChI=1S/C15H25NS/c1-4-16-10-13-7-5-11(2)9-14(13)15-8-6-12(3)17-15/h6,8,11,13-14,16H,4-5,7,9-10H2,1-3H3. The van der Waals surface area contributed by atoms with Gasteiger partial charge < -0.3 is 5.32 Å². The summed E-state index contributed by atoms with van der Waals surface area (Å²) >= 11 is 2.01. The fraction of sp³-hybridized carbons (Fsp3) is 0.733. The van der Waals surface area contributed by atoms with E-state index in [0.717, 1.165) is 24.3 Å². The summed E-state index contributed by atoms with van der Waals surface area (Å²) in [4.78, 5) is 3.08. The third-order valence-corrected chi connectivity index (χ3v) is 5.17. The highest BCUT2D eigenvalue weighted by atomic mass is 32.1. The van der Waals surface area contributed by atoms with E-state index in [1.165, 1.54) is 30.7 Å². The molecule has 96 valence electrons. The van der Waals surface area contributed by atoms with Crippen molar-refractivity contribution < 1.29 is 0 Å². The summed E-state index contributed by atoms with van der Waals surface area (Å²) in [5.41, 5.74) is 0. The summed E-state index contributed by atoms with van der Waals surface area (Å²) in [5.74, 6) is 2.56. The molecule has 3 atom stereocenters. The van der Waals surface area contributed by atoms with E-state index in [-0.39, 0.29) is 0 Å². The highest BCUT2D eigenvalue weighted by Gasteiger charge is 2.30. The van der Waals surface area contributed by atoms with Gasteiger partial charge in [-0.3, -0.25) is 0 Å². The molecule has 1 fully saturated rings. The maximum atomic E-state index is 3.54. The second kappa shape index (κ2) is 6.01. The van der Waals surface area contributed by atoms with Gasteiger partial charge in [-0.05, 0) is 62.7 Å². The van der Waals surface area contributed by atoms with Crippen LogP contribution in [0.4, 0.5) is 0 Å². The molecule has 17 heavy (non-hydrogen) atoms. The van der Waals surface area contributed by atoms with E-state index >= 15 is 0 Å². The fourth-order valence-electron chi connectivity index (χ4n) is 3.02. The molecular weight excluding hydrogens is 226 g/mol. The molecule has 1 saturated carbocycles. The maximum absolute atomic E-state index is 3.54. The van der Waals surface area contributed by atoms with Gasteiger partial charge in [0.2, 0.25) is 0 Å². The number of aryl methyl sites for hydroxylation is 1. The topological polar surface area (TPSA) is 12.0 Å². The van der Waals surface area contributed by atoms with E-state index in [9.17, 15) is 0 Å². The van der Waals surface area contributed by atoms with Crippen LogP contribution in [0.5, 0.6) is 0 Å². The van der Waals surface area contributed by atoms with Crippen molar-refractivity contribution in [3.05, 3.63) is 21.9 Å². The lowest BCUT2D eigenvalue weighted by Gasteiger charge is -2.34. The van der Waals surface area contributed by atoms with Crippen molar-refractivity contribution in [2.45, 2.75) is 46.0 Å². The zero-order chi connectivity index (χ0) is 12.3. The largest absolute Gasteiger partial charge is 0.317 e. The quantitative estimate of drug-likeness (QED) is 0.846. The summed E-state index contributed by atoms with van der Waals surface area (Å²) in [6.45, 7) is 9.14. The molecule has 0 radical (unpaired) electrons. The van der Waals surface area contributed by atoms with E-state index in [4.69, 9.17) is 0 Å². The maximum Gasteiger partial charge on any atom is 0.00823 e. The third-order valence-electron chi connectivity index (χ3n) is 4.04. The van der Waals surface area contributed by atoms with Crippen LogP contribution in [0.2, 0.25) is 0 Å². The highest BCUT2D eigenvalue weighted by Crippen LogP contribution is 2.42. The number of hydrogen-bond donors (Lipinski definition) is 1. The monoisotopic (exact) mass is 251 g/mol. The minimum Gasteiger partial charge on any atom is -0.317 e. The van der Waals surface area contributed by atoms with Crippen LogP contribution in [-0.2, 0) is 0 Å². The van der Waals surface area contributed by atoms with Gasteiger partial charge in [0.05, 0.1) is 0 Å². The second-order valence-electron chi connectivity index (χ2n) is 5.54. The smallest absolute Gasteiger partial charge is 0.00823 e. The predicted molar refractivity (Wildman–Crippen MR) is 76.8 cm³/mol. The first-order valence-corrected chi connectivity index (χ1v) is 7.79. The van der Waals surface area contributed by atoms with Gasteiger partial charge in [-0.15, -0.1) is 11.3 Å². The van der Waals surface area contributed by atoms with Crippen molar-refractivity contribution in [2.75, 3.05) is 13.1 Å². The van der Waals surface area contributed by atoms with Crippen LogP contribution in [-0.4, -0.2) is 13.1 Å². The Kier molecular flexibility index (Phi) is 4.63. The Morgan fingerprint density at radius 1 is 1.35 bits per heavy atom. The van der Waals surface area contributed by atoms with E-state index in [0.29, 0.717) is 0 Å². The summed E-state index contributed by atoms with van der Waals surface area (Å²) in [5, 5.41) is 3.54. The molecule has 2 heteroatoms. The Bertz CT molecular complexity index is 342. The molecule has 3 unspecified atom stereocenters. The zero-order valence-electron chi connectivity index (χ0n) is 11.3. The molecule has 1 N–H and O–H groups in total. The first-order valence-electron chi connectivity index (χ1n) is 6.97. The van der Waals surface area contributed by atoms with Gasteiger partial charge in [0.25, 0.3) is 0 Å². The van der Waals surface area contributed by atoms with Gasteiger partial charge in [0, 0.05) is 9.75 Å². The number of rotatable bonds is 4. The number of nitrogens with one attached hydrogen (secondary N) is 1. The van der Waals surface area contributed by atoms with Gasteiger partial charge in [-0.2, -0.15) is 0 Å². The lowest BCUT2D eigenvalue weighted by molar-refractivity contribution is 0.245. The van der Waals surface area contributed by atoms with Crippen molar-refractivity contribution in [2.24, 2.45) is 11.8 Å². The van der Waals surface area contributed by atoms with Crippen molar-refractivity contribution >= 4 is 11.3 Å². The minimum atomic E-state index is 0.802.